The summed E-state index contributed by atoms with van der Waals surface area (Å²) in [5.74, 6) is 0.741. The number of hydrogen-bond donors (Lipinski definition) is 4. The minimum atomic E-state index is -0.0714. The predicted molar refractivity (Wildman–Crippen MR) is 104 cm³/mol. The summed E-state index contributed by atoms with van der Waals surface area (Å²) < 4.78 is 10.8. The highest BCUT2D eigenvalue weighted by Crippen LogP contribution is 2.10. The van der Waals surface area contributed by atoms with Gasteiger partial charge in [0.2, 0.25) is 5.91 Å². The average molecular weight is 382 g/mol. The van der Waals surface area contributed by atoms with Gasteiger partial charge in [0, 0.05) is 6.54 Å². The average Bonchev–Trinajstić information content (AvgIpc) is 2.62. The van der Waals surface area contributed by atoms with E-state index in [9.17, 15) is 4.79 Å². The second kappa shape index (κ2) is 10.3. The van der Waals surface area contributed by atoms with Crippen LogP contribution in [0.25, 0.3) is 0 Å². The molecular weight excluding hydrogens is 352 g/mol. The van der Waals surface area contributed by atoms with E-state index in [1.807, 2.05) is 24.3 Å². The second-order valence-electron chi connectivity index (χ2n) is 6.62. The minimum Gasteiger partial charge on any atom is -0.497 e. The van der Waals surface area contributed by atoms with Gasteiger partial charge in [-0.25, -0.2) is 0 Å². The Morgan fingerprint density at radius 2 is 1.88 bits per heavy atom. The number of morpholine rings is 1. The maximum Gasteiger partial charge on any atom is 0.244 e. The first kappa shape index (κ1) is 20.4. The third-order valence-electron chi connectivity index (χ3n) is 4.25. The molecule has 3 atom stereocenters. The van der Waals surface area contributed by atoms with Gasteiger partial charge in [-0.1, -0.05) is 12.1 Å². The zero-order valence-corrected chi connectivity index (χ0v) is 16.4. The molecule has 1 aromatic carbocycles. The van der Waals surface area contributed by atoms with Gasteiger partial charge < -0.3 is 19.7 Å². The number of hydrogen-bond acceptors (Lipinski definition) is 4. The number of quaternary nitrogens is 1. The smallest absolute Gasteiger partial charge is 0.244 e. The maximum absolute atomic E-state index is 12.0. The highest BCUT2D eigenvalue weighted by atomic mass is 32.1. The van der Waals surface area contributed by atoms with Crippen LogP contribution in [0.15, 0.2) is 24.3 Å². The number of rotatable bonds is 6. The molecule has 0 saturated carbocycles. The van der Waals surface area contributed by atoms with Gasteiger partial charge in [0.25, 0.3) is 0 Å². The topological polar surface area (TPSA) is 76.1 Å². The van der Waals surface area contributed by atoms with Crippen LogP contribution in [-0.2, 0) is 16.1 Å². The van der Waals surface area contributed by atoms with Crippen molar-refractivity contribution < 1.29 is 19.2 Å². The van der Waals surface area contributed by atoms with Gasteiger partial charge in [0.05, 0.1) is 20.1 Å². The summed E-state index contributed by atoms with van der Waals surface area (Å²) in [6.45, 7) is 7.38. The molecule has 1 unspecified atom stereocenters. The Morgan fingerprint density at radius 3 is 2.50 bits per heavy atom. The summed E-state index contributed by atoms with van der Waals surface area (Å²) >= 11 is 5.18. The molecule has 0 aliphatic carbocycles. The van der Waals surface area contributed by atoms with Gasteiger partial charge in [0.1, 0.15) is 31.0 Å². The van der Waals surface area contributed by atoms with Crippen molar-refractivity contribution in [1.29, 1.82) is 0 Å². The summed E-state index contributed by atoms with van der Waals surface area (Å²) in [4.78, 5) is 13.4. The van der Waals surface area contributed by atoms with Gasteiger partial charge >= 0.3 is 0 Å². The van der Waals surface area contributed by atoms with Crippen LogP contribution in [0, 0.1) is 0 Å². The van der Waals surface area contributed by atoms with Crippen molar-refractivity contribution in [2.45, 2.75) is 39.0 Å². The molecule has 8 heteroatoms. The van der Waals surface area contributed by atoms with Gasteiger partial charge in [-0.15, -0.1) is 0 Å². The zero-order chi connectivity index (χ0) is 18.9. The number of amides is 1. The molecule has 1 amide bonds. The number of methoxy groups -OCH3 is 1. The first-order valence-electron chi connectivity index (χ1n) is 8.91. The predicted octanol–water partition coefficient (Wildman–Crippen LogP) is -0.227. The lowest BCUT2D eigenvalue weighted by Gasteiger charge is -2.32. The van der Waals surface area contributed by atoms with Gasteiger partial charge in [-0.2, -0.15) is 0 Å². The Kier molecular flexibility index (Phi) is 8.08. The number of nitrogens with one attached hydrogen (secondary N) is 4. The van der Waals surface area contributed by atoms with Gasteiger partial charge in [-0.05, 0) is 43.8 Å². The van der Waals surface area contributed by atoms with Crippen LogP contribution >= 0.6 is 12.2 Å². The van der Waals surface area contributed by atoms with E-state index >= 15 is 0 Å². The number of carbonyl (C=O) groups excluding carboxylic acids is 1. The van der Waals surface area contributed by atoms with E-state index in [1.54, 1.807) is 7.11 Å². The molecule has 1 aromatic rings. The molecule has 0 spiro atoms. The van der Waals surface area contributed by atoms with Crippen molar-refractivity contribution in [2.24, 2.45) is 0 Å². The number of thiocarbonyl (C=S) groups is 1. The summed E-state index contributed by atoms with van der Waals surface area (Å²) in [7, 11) is 1.64. The molecule has 1 heterocycles. The number of carbonyl (C=O) groups is 1. The Labute approximate surface area is 160 Å². The summed E-state index contributed by atoms with van der Waals surface area (Å²) in [6.07, 6.45) is 0.928. The van der Waals surface area contributed by atoms with Crippen molar-refractivity contribution >= 4 is 23.2 Å². The van der Waals surface area contributed by atoms with Crippen molar-refractivity contribution in [2.75, 3.05) is 26.7 Å². The quantitative estimate of drug-likeness (QED) is 0.403. The largest absolute Gasteiger partial charge is 0.497 e. The molecule has 144 valence electrons. The van der Waals surface area contributed by atoms with Crippen LogP contribution in [0.2, 0.25) is 0 Å². The fraction of sp³-hybridized carbons (Fsp3) is 0.556. The molecule has 7 nitrogen and oxygen atoms in total. The Morgan fingerprint density at radius 1 is 1.23 bits per heavy atom. The van der Waals surface area contributed by atoms with Crippen molar-refractivity contribution in [3.63, 3.8) is 0 Å². The standard InChI is InChI=1S/C18H28N4O3S/c1-13-11-22(12-14(2)25-13)9-8-17(23)20-21-18(26)19-10-15-4-6-16(24-3)7-5-15/h4-7,13-14H,8-12H2,1-3H3,(H,20,23)(H2,19,21,26)/p+1/t13-,14+. The molecule has 0 radical (unpaired) electrons. The van der Waals surface area contributed by atoms with E-state index in [0.717, 1.165) is 30.9 Å². The van der Waals surface area contributed by atoms with Crippen LogP contribution in [0.3, 0.4) is 0 Å². The Hall–Kier alpha value is -1.90. The van der Waals surface area contributed by atoms with Crippen LogP contribution in [0.1, 0.15) is 25.8 Å². The monoisotopic (exact) mass is 381 g/mol. The van der Waals surface area contributed by atoms with E-state index in [2.05, 4.69) is 30.0 Å². The first-order valence-corrected chi connectivity index (χ1v) is 9.31. The lowest BCUT2D eigenvalue weighted by atomic mass is 10.2. The van der Waals surface area contributed by atoms with Crippen LogP contribution in [0.5, 0.6) is 5.75 Å². The number of ether oxygens (including phenoxy) is 2. The summed E-state index contributed by atoms with van der Waals surface area (Å²) in [5, 5.41) is 3.44. The highest BCUT2D eigenvalue weighted by molar-refractivity contribution is 7.80. The Balaban J connectivity index is 1.61. The second-order valence-corrected chi connectivity index (χ2v) is 7.03. The third-order valence-corrected chi connectivity index (χ3v) is 4.50. The molecule has 1 aliphatic rings. The summed E-state index contributed by atoms with van der Waals surface area (Å²) in [6, 6.07) is 7.70. The molecule has 1 saturated heterocycles. The fourth-order valence-corrected chi connectivity index (χ4v) is 3.17. The van der Waals surface area contributed by atoms with Crippen molar-refractivity contribution in [3.8, 4) is 5.75 Å². The van der Waals surface area contributed by atoms with E-state index in [4.69, 9.17) is 21.7 Å². The minimum absolute atomic E-state index is 0.0714. The normalized spacial score (nSPS) is 22.3. The number of benzene rings is 1. The van der Waals surface area contributed by atoms with Crippen LogP contribution in [-0.4, -0.2) is 50.0 Å². The summed E-state index contributed by atoms with van der Waals surface area (Å²) in [5.41, 5.74) is 6.45. The molecule has 0 bridgehead atoms. The fourth-order valence-electron chi connectivity index (χ4n) is 3.04. The van der Waals surface area contributed by atoms with Crippen molar-refractivity contribution in [3.05, 3.63) is 29.8 Å². The molecule has 26 heavy (non-hydrogen) atoms. The highest BCUT2D eigenvalue weighted by Gasteiger charge is 2.25. The van der Waals surface area contributed by atoms with Gasteiger partial charge in [0.15, 0.2) is 5.11 Å². The lowest BCUT2D eigenvalue weighted by Crippen LogP contribution is -3.15. The molecule has 0 aromatic heterocycles. The number of hydrazine groups is 1. The first-order chi connectivity index (χ1) is 12.5. The van der Waals surface area contributed by atoms with Crippen molar-refractivity contribution in [1.82, 2.24) is 16.2 Å². The van der Waals surface area contributed by atoms with E-state index < -0.39 is 0 Å². The molecular formula is C18H29N4O3S+. The third kappa shape index (κ3) is 7.15. The molecule has 4 N–H and O–H groups in total. The van der Waals surface area contributed by atoms with E-state index in [-0.39, 0.29) is 18.1 Å². The molecule has 2 rings (SSSR count). The van der Waals surface area contributed by atoms with E-state index in [1.165, 1.54) is 4.90 Å². The van der Waals surface area contributed by atoms with E-state index in [0.29, 0.717) is 18.1 Å². The lowest BCUT2D eigenvalue weighted by molar-refractivity contribution is -0.914. The van der Waals surface area contributed by atoms with Crippen LogP contribution < -0.4 is 25.8 Å². The van der Waals surface area contributed by atoms with Crippen LogP contribution in [0.4, 0.5) is 0 Å². The zero-order valence-electron chi connectivity index (χ0n) is 15.6. The maximum atomic E-state index is 12.0. The Bertz CT molecular complexity index is 587. The molecule has 1 fully saturated rings. The SMILES string of the molecule is COc1ccc(CNC(=S)NNC(=O)CC[NH+]2C[C@@H](C)O[C@@H](C)C2)cc1. The van der Waals surface area contributed by atoms with Gasteiger partial charge in [-0.3, -0.25) is 15.6 Å². The molecule has 1 aliphatic heterocycles.